The average molecular weight is 603 g/mol. The molecule has 0 bridgehead atoms. The summed E-state index contributed by atoms with van der Waals surface area (Å²) in [6.45, 7) is 4.97. The standard InChI is InChI=1S/C45H30O2/c1-29-15-4-3-13-26-46-40-28-38-33-20-11-12-25-39(33)47-45(38)44(41(29)40)32-19-14-18-31(27-32)43-36-23-9-7-21-34(36)42(30-16-5-2-6-17-30)35-22-8-10-24-37(35)43/h2-25,27-28H,1,26H2/b13-3-,15-4-. The molecule has 0 saturated carbocycles. The normalized spacial score (nSPS) is 14.4. The van der Waals surface area contributed by atoms with Crippen molar-refractivity contribution in [2.45, 2.75) is 0 Å². The van der Waals surface area contributed by atoms with Crippen LogP contribution in [0, 0.1) is 0 Å². The highest BCUT2D eigenvalue weighted by Gasteiger charge is 2.24. The van der Waals surface area contributed by atoms with E-state index in [1.165, 1.54) is 38.2 Å². The number of hydrogen-bond donors (Lipinski definition) is 0. The predicted octanol–water partition coefficient (Wildman–Crippen LogP) is 12.4. The van der Waals surface area contributed by atoms with E-state index >= 15 is 0 Å². The van der Waals surface area contributed by atoms with Gasteiger partial charge in [-0.25, -0.2) is 0 Å². The van der Waals surface area contributed by atoms with Crippen LogP contribution < -0.4 is 4.74 Å². The van der Waals surface area contributed by atoms with Gasteiger partial charge in [-0.15, -0.1) is 0 Å². The lowest BCUT2D eigenvalue weighted by atomic mass is 9.85. The van der Waals surface area contributed by atoms with Crippen molar-refractivity contribution in [3.8, 4) is 39.1 Å². The number of allylic oxidation sites excluding steroid dienone is 4. The third-order valence-electron chi connectivity index (χ3n) is 9.27. The van der Waals surface area contributed by atoms with Crippen LogP contribution in [0.25, 0.3) is 82.4 Å². The summed E-state index contributed by atoms with van der Waals surface area (Å²) in [6.07, 6.45) is 8.10. The number of hydrogen-bond acceptors (Lipinski definition) is 2. The monoisotopic (exact) mass is 602 g/mol. The Morgan fingerprint density at radius 2 is 1.04 bits per heavy atom. The first-order valence-corrected chi connectivity index (χ1v) is 16.0. The number of rotatable bonds is 3. The van der Waals surface area contributed by atoms with Gasteiger partial charge in [-0.1, -0.05) is 140 Å². The fourth-order valence-corrected chi connectivity index (χ4v) is 7.25. The Morgan fingerprint density at radius 1 is 0.468 bits per heavy atom. The molecule has 0 unspecified atom stereocenters. The maximum atomic E-state index is 6.67. The molecule has 0 atom stereocenters. The Labute approximate surface area is 273 Å². The number of para-hydroxylation sites is 1. The van der Waals surface area contributed by atoms with Crippen LogP contribution in [0.3, 0.4) is 0 Å². The molecule has 1 aliphatic heterocycles. The third-order valence-corrected chi connectivity index (χ3v) is 9.27. The lowest BCUT2D eigenvalue weighted by Crippen LogP contribution is -1.99. The second kappa shape index (κ2) is 11.0. The minimum atomic E-state index is 0.469. The van der Waals surface area contributed by atoms with Gasteiger partial charge in [0.25, 0.3) is 0 Å². The highest BCUT2D eigenvalue weighted by atomic mass is 16.5. The molecule has 0 N–H and O–H groups in total. The first kappa shape index (κ1) is 27.2. The zero-order valence-corrected chi connectivity index (χ0v) is 25.7. The van der Waals surface area contributed by atoms with E-state index in [0.29, 0.717) is 6.61 Å². The molecule has 0 aliphatic carbocycles. The molecule has 8 aromatic rings. The van der Waals surface area contributed by atoms with Gasteiger partial charge in [0.2, 0.25) is 0 Å². The molecule has 1 aliphatic rings. The van der Waals surface area contributed by atoms with Gasteiger partial charge >= 0.3 is 0 Å². The molecule has 0 amide bonds. The molecule has 2 heterocycles. The molecule has 9 rings (SSSR count). The maximum absolute atomic E-state index is 6.67. The zero-order chi connectivity index (χ0) is 31.3. The van der Waals surface area contributed by atoms with Crippen molar-refractivity contribution < 1.29 is 9.15 Å². The first-order valence-electron chi connectivity index (χ1n) is 16.0. The van der Waals surface area contributed by atoms with Crippen molar-refractivity contribution >= 4 is 49.1 Å². The molecule has 7 aromatic carbocycles. The Hall–Kier alpha value is -6.12. The first-order chi connectivity index (χ1) is 23.3. The summed E-state index contributed by atoms with van der Waals surface area (Å²) in [4.78, 5) is 0. The predicted molar refractivity (Wildman–Crippen MR) is 198 cm³/mol. The molecule has 222 valence electrons. The summed E-state index contributed by atoms with van der Waals surface area (Å²) >= 11 is 0. The second-order valence-corrected chi connectivity index (χ2v) is 12.0. The highest BCUT2D eigenvalue weighted by Crippen LogP contribution is 2.48. The van der Waals surface area contributed by atoms with Crippen molar-refractivity contribution in [2.24, 2.45) is 0 Å². The van der Waals surface area contributed by atoms with E-state index in [0.717, 1.165) is 55.5 Å². The number of furan rings is 1. The van der Waals surface area contributed by atoms with Gasteiger partial charge in [-0.05, 0) is 79.2 Å². The van der Waals surface area contributed by atoms with E-state index in [2.05, 4.69) is 134 Å². The summed E-state index contributed by atoms with van der Waals surface area (Å²) < 4.78 is 13.1. The quantitative estimate of drug-likeness (QED) is 0.188. The van der Waals surface area contributed by atoms with E-state index in [4.69, 9.17) is 9.15 Å². The fraction of sp³-hybridized carbons (Fsp3) is 0.0222. The number of ether oxygens (including phenoxy) is 1. The highest BCUT2D eigenvalue weighted by molar-refractivity contribution is 6.22. The van der Waals surface area contributed by atoms with E-state index in [1.54, 1.807) is 0 Å². The molecule has 2 nitrogen and oxygen atoms in total. The van der Waals surface area contributed by atoms with Gasteiger partial charge in [0, 0.05) is 21.9 Å². The van der Waals surface area contributed by atoms with Gasteiger partial charge in [-0.3, -0.25) is 0 Å². The Bertz CT molecular complexity index is 2520. The fourth-order valence-electron chi connectivity index (χ4n) is 7.25. The van der Waals surface area contributed by atoms with Crippen LogP contribution in [0.4, 0.5) is 0 Å². The topological polar surface area (TPSA) is 22.4 Å². The lowest BCUT2D eigenvalue weighted by Gasteiger charge is -2.19. The smallest absolute Gasteiger partial charge is 0.144 e. The number of benzene rings is 7. The Morgan fingerprint density at radius 3 is 1.74 bits per heavy atom. The maximum Gasteiger partial charge on any atom is 0.144 e. The molecule has 1 aromatic heterocycles. The molecule has 0 saturated heterocycles. The Balaban J connectivity index is 1.36. The molecule has 0 spiro atoms. The molecular formula is C45H30O2. The summed E-state index contributed by atoms with van der Waals surface area (Å²) in [5.74, 6) is 0.800. The third kappa shape index (κ3) is 4.41. The van der Waals surface area contributed by atoms with E-state index in [1.807, 2.05) is 30.4 Å². The van der Waals surface area contributed by atoms with Crippen LogP contribution in [0.5, 0.6) is 5.75 Å². The summed E-state index contributed by atoms with van der Waals surface area (Å²) in [5, 5.41) is 7.01. The molecule has 47 heavy (non-hydrogen) atoms. The molecular weight excluding hydrogens is 572 g/mol. The van der Waals surface area contributed by atoms with Crippen LogP contribution in [0.2, 0.25) is 0 Å². The van der Waals surface area contributed by atoms with Crippen LogP contribution >= 0.6 is 0 Å². The molecule has 2 heteroatoms. The van der Waals surface area contributed by atoms with Crippen LogP contribution in [0.15, 0.2) is 169 Å². The summed E-state index contributed by atoms with van der Waals surface area (Å²) in [6, 6.07) is 47.5. The van der Waals surface area contributed by atoms with Gasteiger partial charge in [0.1, 0.15) is 23.5 Å². The average Bonchev–Trinajstić information content (AvgIpc) is 3.53. The van der Waals surface area contributed by atoms with Crippen molar-refractivity contribution in [1.29, 1.82) is 0 Å². The van der Waals surface area contributed by atoms with Crippen molar-refractivity contribution in [3.63, 3.8) is 0 Å². The lowest BCUT2D eigenvalue weighted by molar-refractivity contribution is 0.362. The van der Waals surface area contributed by atoms with Crippen LogP contribution in [-0.2, 0) is 0 Å². The van der Waals surface area contributed by atoms with Crippen molar-refractivity contribution in [3.05, 3.63) is 170 Å². The van der Waals surface area contributed by atoms with Gasteiger partial charge in [0.05, 0.1) is 0 Å². The van der Waals surface area contributed by atoms with E-state index in [-0.39, 0.29) is 0 Å². The largest absolute Gasteiger partial charge is 0.489 e. The molecule has 0 fully saturated rings. The SMILES string of the molecule is C=C1/C=C\C=C/COc2cc3c(oc4ccccc43)c(-c3cccc(-c4c5ccccc5c(-c5ccccc5)c5ccccc45)c3)c21. The zero-order valence-electron chi connectivity index (χ0n) is 25.7. The number of fused-ring (bicyclic) bond motifs is 6. The summed E-state index contributed by atoms with van der Waals surface area (Å²) in [7, 11) is 0. The van der Waals surface area contributed by atoms with E-state index in [9.17, 15) is 0 Å². The van der Waals surface area contributed by atoms with Crippen molar-refractivity contribution in [2.75, 3.05) is 6.61 Å². The van der Waals surface area contributed by atoms with Gasteiger partial charge < -0.3 is 9.15 Å². The van der Waals surface area contributed by atoms with Gasteiger partial charge in [-0.2, -0.15) is 0 Å². The molecule has 0 radical (unpaired) electrons. The van der Waals surface area contributed by atoms with Crippen molar-refractivity contribution in [1.82, 2.24) is 0 Å². The minimum Gasteiger partial charge on any atom is -0.489 e. The van der Waals surface area contributed by atoms with E-state index < -0.39 is 0 Å². The minimum absolute atomic E-state index is 0.469. The Kier molecular flexibility index (Phi) is 6.39. The van der Waals surface area contributed by atoms with Crippen LogP contribution in [-0.4, -0.2) is 6.61 Å². The summed E-state index contributed by atoms with van der Waals surface area (Å²) in [5.41, 5.74) is 10.4. The van der Waals surface area contributed by atoms with Crippen LogP contribution in [0.1, 0.15) is 5.56 Å². The van der Waals surface area contributed by atoms with Gasteiger partial charge in [0.15, 0.2) is 0 Å². The second-order valence-electron chi connectivity index (χ2n) is 12.0.